The Balaban J connectivity index is 1.90. The maximum atomic E-state index is 11.6. The summed E-state index contributed by atoms with van der Waals surface area (Å²) < 4.78 is 0. The van der Waals surface area contributed by atoms with Gasteiger partial charge in [0.2, 0.25) is 5.91 Å². The summed E-state index contributed by atoms with van der Waals surface area (Å²) in [6.45, 7) is 9.01. The average Bonchev–Trinajstić information content (AvgIpc) is 2.61. The van der Waals surface area contributed by atoms with Gasteiger partial charge in [0.25, 0.3) is 0 Å². The Labute approximate surface area is 96.5 Å². The van der Waals surface area contributed by atoms with Gasteiger partial charge in [-0.1, -0.05) is 0 Å². The molecule has 0 unspecified atom stereocenters. The van der Waals surface area contributed by atoms with Crippen LogP contribution in [0.1, 0.15) is 20.3 Å². The maximum absolute atomic E-state index is 11.6. The largest absolute Gasteiger partial charge is 0.314 e. The van der Waals surface area contributed by atoms with Crippen LogP contribution in [0.3, 0.4) is 0 Å². The van der Waals surface area contributed by atoms with Gasteiger partial charge in [-0.15, -0.1) is 0 Å². The molecule has 0 saturated carbocycles. The molecule has 1 saturated heterocycles. The normalized spacial score (nSPS) is 23.1. The van der Waals surface area contributed by atoms with E-state index in [2.05, 4.69) is 15.3 Å². The molecule has 0 spiro atoms. The summed E-state index contributed by atoms with van der Waals surface area (Å²) >= 11 is 0. The molecule has 2 rings (SSSR count). The summed E-state index contributed by atoms with van der Waals surface area (Å²) in [7, 11) is 0. The molecule has 2 heterocycles. The number of carbonyl (C=O) groups excluding carboxylic acids is 1. The van der Waals surface area contributed by atoms with Crippen molar-refractivity contribution in [3.8, 4) is 0 Å². The first-order valence-electron chi connectivity index (χ1n) is 5.98. The van der Waals surface area contributed by atoms with Crippen molar-refractivity contribution in [2.45, 2.75) is 26.3 Å². The van der Waals surface area contributed by atoms with Crippen LogP contribution in [0.25, 0.3) is 0 Å². The summed E-state index contributed by atoms with van der Waals surface area (Å²) in [5.41, 5.74) is 1.01. The molecule has 5 heteroatoms. The van der Waals surface area contributed by atoms with Crippen LogP contribution in [-0.4, -0.2) is 60.3 Å². The first-order valence-corrected chi connectivity index (χ1v) is 5.98. The standard InChI is InChI=1S/C11H20N4O/c1-9(2)15-11(16)7-10(13-15)8-14-5-3-12-4-6-14/h9,12H,3-8H2,1-2H3. The highest BCUT2D eigenvalue weighted by Crippen LogP contribution is 2.12. The van der Waals surface area contributed by atoms with E-state index in [9.17, 15) is 4.79 Å². The monoisotopic (exact) mass is 224 g/mol. The van der Waals surface area contributed by atoms with Crippen LogP contribution >= 0.6 is 0 Å². The predicted octanol–water partition coefficient (Wildman–Crippen LogP) is -0.112. The van der Waals surface area contributed by atoms with Gasteiger partial charge in [-0.3, -0.25) is 9.69 Å². The van der Waals surface area contributed by atoms with E-state index in [1.807, 2.05) is 13.8 Å². The third-order valence-electron chi connectivity index (χ3n) is 2.96. The number of hydrogen-bond acceptors (Lipinski definition) is 4. The quantitative estimate of drug-likeness (QED) is 0.727. The Kier molecular flexibility index (Phi) is 3.56. The van der Waals surface area contributed by atoms with Crippen molar-refractivity contribution in [3.05, 3.63) is 0 Å². The highest BCUT2D eigenvalue weighted by atomic mass is 16.2. The molecule has 2 aliphatic heterocycles. The minimum atomic E-state index is 0.139. The summed E-state index contributed by atoms with van der Waals surface area (Å²) in [6.07, 6.45) is 0.502. The van der Waals surface area contributed by atoms with Crippen LogP contribution in [0.15, 0.2) is 5.10 Å². The molecule has 0 radical (unpaired) electrons. The zero-order valence-electron chi connectivity index (χ0n) is 10.1. The molecule has 0 bridgehead atoms. The van der Waals surface area contributed by atoms with Gasteiger partial charge in [0.15, 0.2) is 0 Å². The summed E-state index contributed by atoms with van der Waals surface area (Å²) in [4.78, 5) is 14.0. The van der Waals surface area contributed by atoms with Gasteiger partial charge in [-0.2, -0.15) is 5.10 Å². The van der Waals surface area contributed by atoms with Crippen molar-refractivity contribution in [1.29, 1.82) is 0 Å². The second-order valence-corrected chi connectivity index (χ2v) is 4.70. The number of piperazine rings is 1. The third-order valence-corrected chi connectivity index (χ3v) is 2.96. The number of rotatable bonds is 3. The fraction of sp³-hybridized carbons (Fsp3) is 0.818. The Morgan fingerprint density at radius 3 is 2.62 bits per heavy atom. The van der Waals surface area contributed by atoms with Crippen molar-refractivity contribution < 1.29 is 4.79 Å². The number of hydrazone groups is 1. The fourth-order valence-electron chi connectivity index (χ4n) is 2.12. The van der Waals surface area contributed by atoms with Gasteiger partial charge in [0.05, 0.1) is 12.1 Å². The second-order valence-electron chi connectivity index (χ2n) is 4.70. The Morgan fingerprint density at radius 1 is 1.38 bits per heavy atom. The van der Waals surface area contributed by atoms with Gasteiger partial charge in [0, 0.05) is 38.8 Å². The lowest BCUT2D eigenvalue weighted by Crippen LogP contribution is -2.45. The van der Waals surface area contributed by atoms with E-state index in [1.165, 1.54) is 0 Å². The lowest BCUT2D eigenvalue weighted by Gasteiger charge is -2.26. The summed E-state index contributed by atoms with van der Waals surface area (Å²) in [5.74, 6) is 0.139. The van der Waals surface area contributed by atoms with Gasteiger partial charge >= 0.3 is 0 Å². The Morgan fingerprint density at radius 2 is 2.06 bits per heavy atom. The first kappa shape index (κ1) is 11.5. The summed E-state index contributed by atoms with van der Waals surface area (Å²) in [6, 6.07) is 0.174. The lowest BCUT2D eigenvalue weighted by molar-refractivity contribution is -0.130. The van der Waals surface area contributed by atoms with Gasteiger partial charge in [-0.05, 0) is 13.8 Å². The highest BCUT2D eigenvalue weighted by Gasteiger charge is 2.26. The molecular formula is C11H20N4O. The van der Waals surface area contributed by atoms with E-state index >= 15 is 0 Å². The van der Waals surface area contributed by atoms with Gasteiger partial charge in [-0.25, -0.2) is 5.01 Å². The second kappa shape index (κ2) is 4.93. The SMILES string of the molecule is CC(C)N1N=C(CN2CCNCC2)CC1=O. The molecular weight excluding hydrogens is 204 g/mol. The number of hydrogen-bond donors (Lipinski definition) is 1. The molecule has 2 aliphatic rings. The van der Waals surface area contributed by atoms with E-state index < -0.39 is 0 Å². The molecule has 5 nitrogen and oxygen atoms in total. The smallest absolute Gasteiger partial charge is 0.248 e. The van der Waals surface area contributed by atoms with E-state index in [4.69, 9.17) is 0 Å². The van der Waals surface area contributed by atoms with Gasteiger partial charge in [0.1, 0.15) is 0 Å². The minimum absolute atomic E-state index is 0.139. The number of nitrogens with one attached hydrogen (secondary N) is 1. The van der Waals surface area contributed by atoms with Crippen molar-refractivity contribution in [2.75, 3.05) is 32.7 Å². The first-order chi connectivity index (χ1) is 7.66. The molecule has 1 amide bonds. The Bertz CT molecular complexity index is 294. The zero-order valence-corrected chi connectivity index (χ0v) is 10.1. The molecule has 1 fully saturated rings. The number of amides is 1. The number of nitrogens with zero attached hydrogens (tertiary/aromatic N) is 3. The van der Waals surface area contributed by atoms with E-state index in [0.717, 1.165) is 38.4 Å². The van der Waals surface area contributed by atoms with Crippen LogP contribution in [0.2, 0.25) is 0 Å². The van der Waals surface area contributed by atoms with Crippen LogP contribution in [0.5, 0.6) is 0 Å². The third kappa shape index (κ3) is 2.59. The van der Waals surface area contributed by atoms with Gasteiger partial charge < -0.3 is 5.32 Å². The molecule has 16 heavy (non-hydrogen) atoms. The summed E-state index contributed by atoms with van der Waals surface area (Å²) in [5, 5.41) is 9.33. The van der Waals surface area contributed by atoms with Crippen LogP contribution in [0.4, 0.5) is 0 Å². The average molecular weight is 224 g/mol. The van der Waals surface area contributed by atoms with E-state index in [-0.39, 0.29) is 11.9 Å². The minimum Gasteiger partial charge on any atom is -0.314 e. The van der Waals surface area contributed by atoms with Crippen LogP contribution in [0, 0.1) is 0 Å². The van der Waals surface area contributed by atoms with E-state index in [1.54, 1.807) is 5.01 Å². The van der Waals surface area contributed by atoms with Crippen LogP contribution < -0.4 is 5.32 Å². The predicted molar refractivity (Wildman–Crippen MR) is 63.3 cm³/mol. The fourth-order valence-corrected chi connectivity index (χ4v) is 2.12. The van der Waals surface area contributed by atoms with Crippen molar-refractivity contribution in [2.24, 2.45) is 5.10 Å². The molecule has 0 atom stereocenters. The number of carbonyl (C=O) groups is 1. The molecule has 1 N–H and O–H groups in total. The topological polar surface area (TPSA) is 47.9 Å². The molecule has 0 aliphatic carbocycles. The molecule has 0 aromatic rings. The Hall–Kier alpha value is -0.940. The molecule has 0 aromatic heterocycles. The molecule has 90 valence electrons. The lowest BCUT2D eigenvalue weighted by atomic mass is 10.2. The maximum Gasteiger partial charge on any atom is 0.248 e. The van der Waals surface area contributed by atoms with Crippen LogP contribution in [-0.2, 0) is 4.79 Å². The molecule has 0 aromatic carbocycles. The van der Waals surface area contributed by atoms with Crippen molar-refractivity contribution in [3.63, 3.8) is 0 Å². The van der Waals surface area contributed by atoms with Crippen molar-refractivity contribution in [1.82, 2.24) is 15.2 Å². The highest BCUT2D eigenvalue weighted by molar-refractivity contribution is 6.05. The van der Waals surface area contributed by atoms with E-state index in [0.29, 0.717) is 6.42 Å². The zero-order chi connectivity index (χ0) is 11.5. The van der Waals surface area contributed by atoms with Crippen molar-refractivity contribution >= 4 is 11.6 Å².